The molecule has 0 amide bonds. The molecule has 0 radical (unpaired) electrons. The number of ether oxygens (including phenoxy) is 1. The molecule has 1 aliphatic rings. The third-order valence-electron chi connectivity index (χ3n) is 5.42. The first kappa shape index (κ1) is 19.6. The van der Waals surface area contributed by atoms with Gasteiger partial charge in [-0.1, -0.05) is 30.4 Å². The van der Waals surface area contributed by atoms with Crippen LogP contribution in [-0.2, 0) is 10.2 Å². The number of nitro groups is 1. The van der Waals surface area contributed by atoms with Crippen molar-refractivity contribution >= 4 is 17.0 Å². The summed E-state index contributed by atoms with van der Waals surface area (Å²) in [7, 11) is 0. The van der Waals surface area contributed by atoms with Crippen LogP contribution in [0.2, 0.25) is 0 Å². The maximum Gasteiger partial charge on any atom is 0.419 e. The first-order valence-corrected chi connectivity index (χ1v) is 9.05. The van der Waals surface area contributed by atoms with Crippen LogP contribution in [0.3, 0.4) is 0 Å². The summed E-state index contributed by atoms with van der Waals surface area (Å²) < 4.78 is 6.87. The number of nitriles is 1. The Labute approximate surface area is 163 Å². The van der Waals surface area contributed by atoms with Gasteiger partial charge >= 0.3 is 6.09 Å². The maximum absolute atomic E-state index is 12.8. The number of carbonyl (C=O) groups excluding carboxylic acids is 1. The fourth-order valence-electron chi connectivity index (χ4n) is 4.12. The lowest BCUT2D eigenvalue weighted by atomic mass is 9.71. The molecule has 0 saturated heterocycles. The fraction of sp³-hybridized carbons (Fsp3) is 0.429. The summed E-state index contributed by atoms with van der Waals surface area (Å²) in [6.07, 6.45) is 1.15. The van der Waals surface area contributed by atoms with Crippen LogP contribution in [0.15, 0.2) is 42.6 Å². The zero-order chi connectivity index (χ0) is 20.9. The Morgan fingerprint density at radius 3 is 2.64 bits per heavy atom. The Balaban J connectivity index is 2.26. The molecule has 1 aromatic carbocycles. The Hall–Kier alpha value is -3.14. The van der Waals surface area contributed by atoms with Crippen LogP contribution in [0.25, 0.3) is 10.9 Å². The maximum atomic E-state index is 12.8. The van der Waals surface area contributed by atoms with Gasteiger partial charge in [-0.2, -0.15) is 5.26 Å². The molecular formula is C21H23N3O4. The monoisotopic (exact) mass is 381 g/mol. The van der Waals surface area contributed by atoms with Gasteiger partial charge < -0.3 is 4.74 Å². The lowest BCUT2D eigenvalue weighted by Gasteiger charge is -2.28. The molecule has 7 nitrogen and oxygen atoms in total. The van der Waals surface area contributed by atoms with E-state index >= 15 is 0 Å². The highest BCUT2D eigenvalue weighted by Gasteiger charge is 2.58. The molecular weight excluding hydrogens is 358 g/mol. The number of nitrogens with zero attached hydrogens (tertiary/aromatic N) is 3. The van der Waals surface area contributed by atoms with Gasteiger partial charge in [0, 0.05) is 22.9 Å². The second-order valence-corrected chi connectivity index (χ2v) is 8.42. The molecule has 1 heterocycles. The van der Waals surface area contributed by atoms with Crippen LogP contribution in [0.1, 0.15) is 39.7 Å². The highest BCUT2D eigenvalue weighted by atomic mass is 16.6. The lowest BCUT2D eigenvalue weighted by Crippen LogP contribution is -2.41. The van der Waals surface area contributed by atoms with Crippen LogP contribution in [0.4, 0.5) is 4.79 Å². The highest BCUT2D eigenvalue weighted by molar-refractivity contribution is 5.93. The van der Waals surface area contributed by atoms with Crippen molar-refractivity contribution in [3.05, 3.63) is 58.3 Å². The summed E-state index contributed by atoms with van der Waals surface area (Å²) in [5, 5.41) is 22.3. The van der Waals surface area contributed by atoms with Crippen molar-refractivity contribution in [2.75, 3.05) is 0 Å². The van der Waals surface area contributed by atoms with E-state index in [1.165, 1.54) is 4.57 Å². The SMILES string of the molecule is C=C1C[C@H]([N+](=O)[O-])[C@@](C)(c2cn(C(=O)OC(C)(C)C)c3ccccc23)[C@@H]1C#N. The van der Waals surface area contributed by atoms with Crippen molar-refractivity contribution in [2.24, 2.45) is 5.92 Å². The van der Waals surface area contributed by atoms with Gasteiger partial charge in [-0.25, -0.2) is 4.79 Å². The van der Waals surface area contributed by atoms with Gasteiger partial charge in [-0.3, -0.25) is 14.7 Å². The van der Waals surface area contributed by atoms with E-state index in [4.69, 9.17) is 4.74 Å². The van der Waals surface area contributed by atoms with E-state index in [0.717, 1.165) is 0 Å². The third-order valence-corrected chi connectivity index (χ3v) is 5.42. The Kier molecular flexibility index (Phi) is 4.54. The van der Waals surface area contributed by atoms with Gasteiger partial charge in [0.05, 0.1) is 22.9 Å². The van der Waals surface area contributed by atoms with Gasteiger partial charge in [0.2, 0.25) is 6.04 Å². The van der Waals surface area contributed by atoms with Crippen LogP contribution >= 0.6 is 0 Å². The van der Waals surface area contributed by atoms with Gasteiger partial charge in [0.15, 0.2) is 0 Å². The zero-order valence-corrected chi connectivity index (χ0v) is 16.4. The molecule has 3 atom stereocenters. The van der Waals surface area contributed by atoms with E-state index < -0.39 is 29.1 Å². The van der Waals surface area contributed by atoms with E-state index in [1.807, 2.05) is 6.07 Å². The average molecular weight is 381 g/mol. The summed E-state index contributed by atoms with van der Waals surface area (Å²) in [4.78, 5) is 24.2. The van der Waals surface area contributed by atoms with Crippen molar-refractivity contribution in [3.8, 4) is 6.07 Å². The summed E-state index contributed by atoms with van der Waals surface area (Å²) in [5.74, 6) is -0.721. The van der Waals surface area contributed by atoms with Crippen LogP contribution in [-0.4, -0.2) is 27.2 Å². The molecule has 0 bridgehead atoms. The molecule has 3 rings (SSSR count). The summed E-state index contributed by atoms with van der Waals surface area (Å²) in [5.41, 5.74) is -0.0829. The van der Waals surface area contributed by atoms with E-state index in [-0.39, 0.29) is 11.3 Å². The summed E-state index contributed by atoms with van der Waals surface area (Å²) in [6.45, 7) is 10.9. The van der Waals surface area contributed by atoms with Gasteiger partial charge in [0.1, 0.15) is 5.60 Å². The number of aromatic nitrogens is 1. The number of rotatable bonds is 2. The average Bonchev–Trinajstić information content (AvgIpc) is 3.10. The van der Waals surface area contributed by atoms with Crippen molar-refractivity contribution in [3.63, 3.8) is 0 Å². The zero-order valence-electron chi connectivity index (χ0n) is 16.4. The van der Waals surface area contributed by atoms with Crippen LogP contribution in [0.5, 0.6) is 0 Å². The van der Waals surface area contributed by atoms with Crippen molar-refractivity contribution < 1.29 is 14.5 Å². The molecule has 1 saturated carbocycles. The number of para-hydroxylation sites is 1. The highest BCUT2D eigenvalue weighted by Crippen LogP contribution is 2.51. The smallest absolute Gasteiger partial charge is 0.419 e. The molecule has 0 aliphatic heterocycles. The standard InChI is InChI=1S/C21H23N3O4/c1-13-10-18(24(26)27)21(5,15(13)11-22)16-12-23(19(25)28-20(2,3)4)17-9-7-6-8-14(16)17/h6-9,12,15,18H,1,10H2,2-5H3/t15-,18+,21-/m1/s1. The predicted octanol–water partition coefficient (Wildman–Crippen LogP) is 4.43. The number of hydrogen-bond acceptors (Lipinski definition) is 5. The first-order valence-electron chi connectivity index (χ1n) is 9.05. The minimum atomic E-state index is -1.11. The molecule has 1 aliphatic carbocycles. The Morgan fingerprint density at radius 1 is 1.43 bits per heavy atom. The summed E-state index contributed by atoms with van der Waals surface area (Å²) >= 11 is 0. The first-order chi connectivity index (χ1) is 13.0. The Bertz CT molecular complexity index is 1020. The molecule has 0 spiro atoms. The number of benzene rings is 1. The molecule has 0 N–H and O–H groups in total. The van der Waals surface area contributed by atoms with Gasteiger partial charge in [-0.05, 0) is 39.3 Å². The number of fused-ring (bicyclic) bond motifs is 1. The fourth-order valence-corrected chi connectivity index (χ4v) is 4.12. The lowest BCUT2D eigenvalue weighted by molar-refractivity contribution is -0.531. The second kappa shape index (κ2) is 6.48. The minimum Gasteiger partial charge on any atom is -0.443 e. The van der Waals surface area contributed by atoms with Gasteiger partial charge in [0.25, 0.3) is 0 Å². The molecule has 28 heavy (non-hydrogen) atoms. The second-order valence-electron chi connectivity index (χ2n) is 8.42. The van der Waals surface area contributed by atoms with Crippen LogP contribution in [0, 0.1) is 27.4 Å². The van der Waals surface area contributed by atoms with Crippen molar-refractivity contribution in [1.29, 1.82) is 5.26 Å². The molecule has 2 aromatic rings. The van der Waals surface area contributed by atoms with Crippen molar-refractivity contribution in [1.82, 2.24) is 4.57 Å². The molecule has 0 unspecified atom stereocenters. The number of hydrogen-bond donors (Lipinski definition) is 0. The summed E-state index contributed by atoms with van der Waals surface area (Å²) in [6, 6.07) is 8.37. The molecule has 146 valence electrons. The van der Waals surface area contributed by atoms with Crippen molar-refractivity contribution in [2.45, 2.75) is 51.2 Å². The van der Waals surface area contributed by atoms with E-state index in [2.05, 4.69) is 12.6 Å². The Morgan fingerprint density at radius 2 is 2.07 bits per heavy atom. The molecule has 7 heteroatoms. The van der Waals surface area contributed by atoms with E-state index in [9.17, 15) is 20.2 Å². The van der Waals surface area contributed by atoms with E-state index in [1.54, 1.807) is 52.1 Å². The normalized spacial score (nSPS) is 24.9. The minimum absolute atomic E-state index is 0.133. The van der Waals surface area contributed by atoms with Crippen LogP contribution < -0.4 is 0 Å². The number of carbonyl (C=O) groups is 1. The predicted molar refractivity (Wildman–Crippen MR) is 105 cm³/mol. The quantitative estimate of drug-likeness (QED) is 0.435. The van der Waals surface area contributed by atoms with Gasteiger partial charge in [-0.15, -0.1) is 0 Å². The topological polar surface area (TPSA) is 98.2 Å². The van der Waals surface area contributed by atoms with E-state index in [0.29, 0.717) is 22.0 Å². The molecule has 1 fully saturated rings. The third kappa shape index (κ3) is 2.95. The largest absolute Gasteiger partial charge is 0.443 e. The molecule has 1 aromatic heterocycles.